The van der Waals surface area contributed by atoms with E-state index in [0.29, 0.717) is 31.2 Å². The molecule has 0 bridgehead atoms. The van der Waals surface area contributed by atoms with Gasteiger partial charge in [-0.15, -0.1) is 0 Å². The van der Waals surface area contributed by atoms with E-state index in [9.17, 15) is 13.9 Å². The summed E-state index contributed by atoms with van der Waals surface area (Å²) in [6.07, 6.45) is 0.937. The van der Waals surface area contributed by atoms with E-state index in [1.165, 1.54) is 12.1 Å². The van der Waals surface area contributed by atoms with Gasteiger partial charge in [0.25, 0.3) is 0 Å². The molecule has 1 aliphatic carbocycles. The Kier molecular flexibility index (Phi) is 3.78. The van der Waals surface area contributed by atoms with E-state index in [1.807, 2.05) is 0 Å². The topological polar surface area (TPSA) is 46.2 Å². The van der Waals surface area contributed by atoms with E-state index in [4.69, 9.17) is 17.3 Å². The normalized spacial score (nSPS) is 28.3. The van der Waals surface area contributed by atoms with Crippen LogP contribution in [0.4, 0.5) is 14.5 Å². The van der Waals surface area contributed by atoms with Gasteiger partial charge in [-0.05, 0) is 37.3 Å². The van der Waals surface area contributed by atoms with Crippen molar-refractivity contribution in [2.75, 3.05) is 5.73 Å². The van der Waals surface area contributed by atoms with Crippen LogP contribution in [0.15, 0.2) is 12.1 Å². The maximum absolute atomic E-state index is 13.2. The molecule has 0 radical (unpaired) electrons. The van der Waals surface area contributed by atoms with E-state index in [1.54, 1.807) is 0 Å². The molecule has 0 aromatic heterocycles. The van der Waals surface area contributed by atoms with Crippen LogP contribution in [0.3, 0.4) is 0 Å². The number of nitrogen functional groups attached to an aromatic ring is 1. The highest BCUT2D eigenvalue weighted by molar-refractivity contribution is 6.33. The van der Waals surface area contributed by atoms with Crippen LogP contribution in [0.5, 0.6) is 0 Å². The number of nitrogens with two attached hydrogens (primary N) is 1. The van der Waals surface area contributed by atoms with Crippen molar-refractivity contribution in [2.24, 2.45) is 0 Å². The molecule has 0 spiro atoms. The molecule has 18 heavy (non-hydrogen) atoms. The zero-order valence-electron chi connectivity index (χ0n) is 9.93. The molecular weight excluding hydrogens is 260 g/mol. The minimum atomic E-state index is -0.960. The lowest BCUT2D eigenvalue weighted by Crippen LogP contribution is -2.37. The summed E-state index contributed by atoms with van der Waals surface area (Å²) in [5, 5.41) is 10.3. The van der Waals surface area contributed by atoms with Gasteiger partial charge in [0, 0.05) is 6.42 Å². The van der Waals surface area contributed by atoms with Crippen LogP contribution in [0, 0.1) is 5.82 Å². The Labute approximate surface area is 110 Å². The molecule has 0 unspecified atom stereocenters. The number of anilines is 1. The zero-order chi connectivity index (χ0) is 13.3. The van der Waals surface area contributed by atoms with Gasteiger partial charge >= 0.3 is 0 Å². The van der Waals surface area contributed by atoms with Crippen LogP contribution in [0.2, 0.25) is 5.02 Å². The van der Waals surface area contributed by atoms with Crippen molar-refractivity contribution >= 4 is 17.3 Å². The quantitative estimate of drug-likeness (QED) is 0.814. The third-order valence-electron chi connectivity index (χ3n) is 3.59. The van der Waals surface area contributed by atoms with Gasteiger partial charge in [0.2, 0.25) is 0 Å². The second kappa shape index (κ2) is 5.02. The number of halogens is 3. The molecular formula is C13H16ClF2NO. The molecule has 2 nitrogen and oxygen atoms in total. The van der Waals surface area contributed by atoms with E-state index in [2.05, 4.69) is 0 Å². The van der Waals surface area contributed by atoms with Crippen molar-refractivity contribution in [1.82, 2.24) is 0 Å². The summed E-state index contributed by atoms with van der Waals surface area (Å²) >= 11 is 5.73. The van der Waals surface area contributed by atoms with E-state index < -0.39 is 17.6 Å². The van der Waals surface area contributed by atoms with Crippen molar-refractivity contribution in [2.45, 2.75) is 43.9 Å². The Balaban J connectivity index is 2.17. The van der Waals surface area contributed by atoms with Crippen molar-refractivity contribution in [3.05, 3.63) is 28.5 Å². The first kappa shape index (κ1) is 13.6. The van der Waals surface area contributed by atoms with Crippen molar-refractivity contribution < 1.29 is 13.9 Å². The number of hydrogen-bond donors (Lipinski definition) is 2. The lowest BCUT2D eigenvalue weighted by Gasteiger charge is -2.34. The fraction of sp³-hybridized carbons (Fsp3) is 0.538. The molecule has 0 atom stereocenters. The molecule has 0 saturated heterocycles. The standard InChI is InChI=1S/C13H16ClF2NO/c14-11-10(16)2-1-8(12(11)17)7-13(18)5-3-9(15)4-6-13/h1-2,9,18H,3-7,17H2. The Bertz CT molecular complexity index is 445. The fourth-order valence-electron chi connectivity index (χ4n) is 2.41. The number of hydrogen-bond acceptors (Lipinski definition) is 2. The maximum Gasteiger partial charge on any atom is 0.143 e. The number of aliphatic hydroxyl groups is 1. The molecule has 0 aliphatic heterocycles. The molecule has 1 saturated carbocycles. The predicted molar refractivity (Wildman–Crippen MR) is 67.8 cm³/mol. The molecule has 2 rings (SSSR count). The summed E-state index contributed by atoms with van der Waals surface area (Å²) in [5.41, 5.74) is 5.54. The Morgan fingerprint density at radius 3 is 2.61 bits per heavy atom. The first-order valence-electron chi connectivity index (χ1n) is 6.00. The molecule has 1 fully saturated rings. The third kappa shape index (κ3) is 2.75. The summed E-state index contributed by atoms with van der Waals surface area (Å²) in [4.78, 5) is 0. The van der Waals surface area contributed by atoms with Gasteiger partial charge in [-0.25, -0.2) is 8.78 Å². The fourth-order valence-corrected chi connectivity index (χ4v) is 2.60. The summed E-state index contributed by atoms with van der Waals surface area (Å²) in [6, 6.07) is 2.76. The minimum absolute atomic E-state index is 0.115. The van der Waals surface area contributed by atoms with Gasteiger partial charge in [-0.3, -0.25) is 0 Å². The van der Waals surface area contributed by atoms with Gasteiger partial charge in [-0.1, -0.05) is 17.7 Å². The maximum atomic E-state index is 13.2. The predicted octanol–water partition coefficient (Wildman–Crippen LogP) is 3.25. The monoisotopic (exact) mass is 275 g/mol. The molecule has 5 heteroatoms. The van der Waals surface area contributed by atoms with Crippen molar-refractivity contribution in [3.8, 4) is 0 Å². The zero-order valence-corrected chi connectivity index (χ0v) is 10.7. The Hall–Kier alpha value is -0.870. The van der Waals surface area contributed by atoms with Crippen LogP contribution in [-0.4, -0.2) is 16.9 Å². The molecule has 1 aromatic rings. The highest BCUT2D eigenvalue weighted by Crippen LogP contribution is 2.35. The average Bonchev–Trinajstić information content (AvgIpc) is 2.34. The Morgan fingerprint density at radius 1 is 1.39 bits per heavy atom. The highest BCUT2D eigenvalue weighted by atomic mass is 35.5. The summed E-state index contributed by atoms with van der Waals surface area (Å²) in [7, 11) is 0. The van der Waals surface area contributed by atoms with Crippen LogP contribution in [0.25, 0.3) is 0 Å². The number of rotatable bonds is 2. The van der Waals surface area contributed by atoms with Crippen molar-refractivity contribution in [3.63, 3.8) is 0 Å². The van der Waals surface area contributed by atoms with E-state index in [0.717, 1.165) is 0 Å². The average molecular weight is 276 g/mol. The van der Waals surface area contributed by atoms with Crippen LogP contribution in [-0.2, 0) is 6.42 Å². The van der Waals surface area contributed by atoms with E-state index >= 15 is 0 Å². The molecule has 0 amide bonds. The first-order valence-corrected chi connectivity index (χ1v) is 6.38. The SMILES string of the molecule is Nc1c(CC2(O)CCC(F)CC2)ccc(F)c1Cl. The summed E-state index contributed by atoms with van der Waals surface area (Å²) < 4.78 is 26.2. The first-order chi connectivity index (χ1) is 8.41. The van der Waals surface area contributed by atoms with E-state index in [-0.39, 0.29) is 17.1 Å². The van der Waals surface area contributed by atoms with Crippen molar-refractivity contribution in [1.29, 1.82) is 0 Å². The summed E-state index contributed by atoms with van der Waals surface area (Å²) in [6.45, 7) is 0. The molecule has 100 valence electrons. The van der Waals surface area contributed by atoms with Crippen LogP contribution in [0.1, 0.15) is 31.2 Å². The molecule has 3 N–H and O–H groups in total. The second-order valence-corrected chi connectivity index (χ2v) is 5.39. The molecule has 1 aliphatic rings. The van der Waals surface area contributed by atoms with Gasteiger partial charge < -0.3 is 10.8 Å². The lowest BCUT2D eigenvalue weighted by atomic mass is 9.79. The van der Waals surface area contributed by atoms with Gasteiger partial charge in [-0.2, -0.15) is 0 Å². The largest absolute Gasteiger partial charge is 0.397 e. The highest BCUT2D eigenvalue weighted by Gasteiger charge is 2.34. The number of benzene rings is 1. The van der Waals surface area contributed by atoms with Crippen LogP contribution < -0.4 is 5.73 Å². The number of alkyl halides is 1. The van der Waals surface area contributed by atoms with Gasteiger partial charge in [0.1, 0.15) is 12.0 Å². The molecule has 1 aromatic carbocycles. The van der Waals surface area contributed by atoms with Gasteiger partial charge in [0.15, 0.2) is 0 Å². The lowest BCUT2D eigenvalue weighted by molar-refractivity contribution is -0.0141. The van der Waals surface area contributed by atoms with Crippen LogP contribution >= 0.6 is 11.6 Å². The molecule has 0 heterocycles. The smallest absolute Gasteiger partial charge is 0.143 e. The second-order valence-electron chi connectivity index (χ2n) is 5.01. The third-order valence-corrected chi connectivity index (χ3v) is 3.97. The summed E-state index contributed by atoms with van der Waals surface area (Å²) in [5.74, 6) is -0.572. The minimum Gasteiger partial charge on any atom is -0.397 e. The van der Waals surface area contributed by atoms with Gasteiger partial charge in [0.05, 0.1) is 16.3 Å². The Morgan fingerprint density at radius 2 is 2.00 bits per heavy atom.